The monoisotopic (exact) mass is 189 g/mol. The molecule has 0 radical (unpaired) electrons. The van der Waals surface area contributed by atoms with E-state index in [-0.39, 0.29) is 6.04 Å². The van der Waals surface area contributed by atoms with Crippen LogP contribution >= 0.6 is 0 Å². The second kappa shape index (κ2) is 3.74. The molecule has 1 aromatic carbocycles. The van der Waals surface area contributed by atoms with E-state index in [0.717, 1.165) is 5.92 Å². The molecular weight excluding hydrogens is 170 g/mol. The standard InChI is InChI=1S/C13H19N/c1-9-5-3-8-12(10(9)2)13(14)11-6-4-7-11/h3,5,8,11,13H,4,6-7,14H2,1-2H3. The first-order valence-corrected chi connectivity index (χ1v) is 5.52. The molecule has 0 spiro atoms. The van der Waals surface area contributed by atoms with Crippen molar-refractivity contribution in [2.24, 2.45) is 11.7 Å². The van der Waals surface area contributed by atoms with E-state index in [1.165, 1.54) is 36.0 Å². The lowest BCUT2D eigenvalue weighted by molar-refractivity contribution is 0.264. The van der Waals surface area contributed by atoms with Gasteiger partial charge >= 0.3 is 0 Å². The maximum absolute atomic E-state index is 6.27. The summed E-state index contributed by atoms with van der Waals surface area (Å²) >= 11 is 0. The van der Waals surface area contributed by atoms with Crippen LogP contribution in [0.4, 0.5) is 0 Å². The minimum atomic E-state index is 0.267. The molecule has 1 saturated carbocycles. The maximum atomic E-state index is 6.27. The van der Waals surface area contributed by atoms with Crippen LogP contribution in [-0.4, -0.2) is 0 Å². The lowest BCUT2D eigenvalue weighted by Gasteiger charge is -2.32. The highest BCUT2D eigenvalue weighted by atomic mass is 14.7. The van der Waals surface area contributed by atoms with Crippen LogP contribution in [0.1, 0.15) is 42.0 Å². The summed E-state index contributed by atoms with van der Waals surface area (Å²) in [6, 6.07) is 6.73. The SMILES string of the molecule is Cc1cccc(C(N)C2CCC2)c1C. The molecule has 1 aliphatic rings. The van der Waals surface area contributed by atoms with Gasteiger partial charge in [-0.3, -0.25) is 0 Å². The molecule has 1 unspecified atom stereocenters. The van der Waals surface area contributed by atoms with Crippen LogP contribution in [0.2, 0.25) is 0 Å². The van der Waals surface area contributed by atoms with Crippen LogP contribution in [0.3, 0.4) is 0 Å². The maximum Gasteiger partial charge on any atom is 0.0326 e. The molecule has 1 aliphatic carbocycles. The van der Waals surface area contributed by atoms with E-state index < -0.39 is 0 Å². The summed E-state index contributed by atoms with van der Waals surface area (Å²) in [7, 11) is 0. The zero-order valence-electron chi connectivity index (χ0n) is 9.09. The quantitative estimate of drug-likeness (QED) is 0.760. The molecule has 76 valence electrons. The molecule has 0 aliphatic heterocycles. The molecule has 0 saturated heterocycles. The Hall–Kier alpha value is -0.820. The Bertz CT molecular complexity index is 326. The smallest absolute Gasteiger partial charge is 0.0326 e. The summed E-state index contributed by atoms with van der Waals surface area (Å²) in [5.41, 5.74) is 10.4. The number of hydrogen-bond acceptors (Lipinski definition) is 1. The van der Waals surface area contributed by atoms with Crippen molar-refractivity contribution in [3.63, 3.8) is 0 Å². The number of rotatable bonds is 2. The zero-order chi connectivity index (χ0) is 10.1. The lowest BCUT2D eigenvalue weighted by atomic mass is 9.76. The fraction of sp³-hybridized carbons (Fsp3) is 0.538. The molecule has 0 amide bonds. The summed E-state index contributed by atoms with van der Waals surface area (Å²) in [5.74, 6) is 0.732. The van der Waals surface area contributed by atoms with Gasteiger partial charge in [0.25, 0.3) is 0 Å². The van der Waals surface area contributed by atoms with Crippen LogP contribution in [0.15, 0.2) is 18.2 Å². The predicted octanol–water partition coefficient (Wildman–Crippen LogP) is 3.10. The van der Waals surface area contributed by atoms with Gasteiger partial charge in [0.2, 0.25) is 0 Å². The van der Waals surface area contributed by atoms with Crippen molar-refractivity contribution in [2.45, 2.75) is 39.2 Å². The molecule has 0 bridgehead atoms. The van der Waals surface area contributed by atoms with Crippen LogP contribution in [0.25, 0.3) is 0 Å². The average Bonchev–Trinajstić information content (AvgIpc) is 2.06. The molecule has 0 heterocycles. The predicted molar refractivity (Wildman–Crippen MR) is 60.2 cm³/mol. The summed E-state index contributed by atoms with van der Waals surface area (Å²) in [4.78, 5) is 0. The van der Waals surface area contributed by atoms with Crippen molar-refractivity contribution in [2.75, 3.05) is 0 Å². The molecule has 1 fully saturated rings. The third-order valence-corrected chi connectivity index (χ3v) is 3.66. The Balaban J connectivity index is 2.26. The Morgan fingerprint density at radius 2 is 2.00 bits per heavy atom. The Labute approximate surface area is 86.3 Å². The van der Waals surface area contributed by atoms with Gasteiger partial charge in [-0.25, -0.2) is 0 Å². The van der Waals surface area contributed by atoms with Crippen molar-refractivity contribution in [3.05, 3.63) is 34.9 Å². The van der Waals surface area contributed by atoms with E-state index >= 15 is 0 Å². The highest BCUT2D eigenvalue weighted by Crippen LogP contribution is 2.37. The highest BCUT2D eigenvalue weighted by molar-refractivity contribution is 5.35. The number of hydrogen-bond donors (Lipinski definition) is 1. The second-order valence-corrected chi connectivity index (χ2v) is 4.51. The fourth-order valence-corrected chi connectivity index (χ4v) is 2.19. The van der Waals surface area contributed by atoms with Gasteiger partial charge in [-0.05, 0) is 49.3 Å². The minimum Gasteiger partial charge on any atom is -0.324 e. The van der Waals surface area contributed by atoms with Crippen LogP contribution in [0, 0.1) is 19.8 Å². The third kappa shape index (κ3) is 1.57. The van der Waals surface area contributed by atoms with Gasteiger partial charge in [-0.1, -0.05) is 24.6 Å². The topological polar surface area (TPSA) is 26.0 Å². The zero-order valence-corrected chi connectivity index (χ0v) is 9.09. The van der Waals surface area contributed by atoms with Gasteiger partial charge in [0.15, 0.2) is 0 Å². The van der Waals surface area contributed by atoms with Crippen molar-refractivity contribution in [1.82, 2.24) is 0 Å². The van der Waals surface area contributed by atoms with Gasteiger partial charge in [-0.2, -0.15) is 0 Å². The van der Waals surface area contributed by atoms with E-state index in [1.54, 1.807) is 0 Å². The van der Waals surface area contributed by atoms with Crippen LogP contribution in [0.5, 0.6) is 0 Å². The molecule has 0 aromatic heterocycles. The molecule has 14 heavy (non-hydrogen) atoms. The molecule has 2 N–H and O–H groups in total. The van der Waals surface area contributed by atoms with Crippen molar-refractivity contribution in [3.8, 4) is 0 Å². The van der Waals surface area contributed by atoms with E-state index in [4.69, 9.17) is 5.73 Å². The fourth-order valence-electron chi connectivity index (χ4n) is 2.19. The lowest BCUT2D eigenvalue weighted by Crippen LogP contribution is -2.27. The Kier molecular flexibility index (Phi) is 2.60. The molecular formula is C13H19N. The van der Waals surface area contributed by atoms with Gasteiger partial charge < -0.3 is 5.73 Å². The Morgan fingerprint density at radius 1 is 1.29 bits per heavy atom. The normalized spacial score (nSPS) is 19.1. The van der Waals surface area contributed by atoms with Gasteiger partial charge in [0, 0.05) is 6.04 Å². The molecule has 1 nitrogen and oxygen atoms in total. The van der Waals surface area contributed by atoms with E-state index in [0.29, 0.717) is 0 Å². The summed E-state index contributed by atoms with van der Waals surface area (Å²) < 4.78 is 0. The molecule has 1 aromatic rings. The van der Waals surface area contributed by atoms with Crippen molar-refractivity contribution in [1.29, 1.82) is 0 Å². The largest absolute Gasteiger partial charge is 0.324 e. The Morgan fingerprint density at radius 3 is 2.57 bits per heavy atom. The first-order chi connectivity index (χ1) is 6.70. The third-order valence-electron chi connectivity index (χ3n) is 3.66. The minimum absolute atomic E-state index is 0.267. The van der Waals surface area contributed by atoms with E-state index in [2.05, 4.69) is 32.0 Å². The van der Waals surface area contributed by atoms with Gasteiger partial charge in [-0.15, -0.1) is 0 Å². The molecule has 1 atom stereocenters. The molecule has 1 heteroatoms. The highest BCUT2D eigenvalue weighted by Gasteiger charge is 2.26. The van der Waals surface area contributed by atoms with E-state index in [9.17, 15) is 0 Å². The van der Waals surface area contributed by atoms with Crippen molar-refractivity contribution >= 4 is 0 Å². The second-order valence-electron chi connectivity index (χ2n) is 4.51. The van der Waals surface area contributed by atoms with Gasteiger partial charge in [0.1, 0.15) is 0 Å². The van der Waals surface area contributed by atoms with Gasteiger partial charge in [0.05, 0.1) is 0 Å². The number of benzene rings is 1. The summed E-state index contributed by atoms with van der Waals surface area (Å²) in [5, 5.41) is 0. The van der Waals surface area contributed by atoms with Crippen LogP contribution < -0.4 is 5.73 Å². The first kappa shape index (κ1) is 9.72. The average molecular weight is 189 g/mol. The van der Waals surface area contributed by atoms with E-state index in [1.807, 2.05) is 0 Å². The first-order valence-electron chi connectivity index (χ1n) is 5.52. The van der Waals surface area contributed by atoms with Crippen LogP contribution in [-0.2, 0) is 0 Å². The van der Waals surface area contributed by atoms with Crippen molar-refractivity contribution < 1.29 is 0 Å². The number of nitrogens with two attached hydrogens (primary N) is 1. The summed E-state index contributed by atoms with van der Waals surface area (Å²) in [6.45, 7) is 4.34. The number of aryl methyl sites for hydroxylation is 1. The summed E-state index contributed by atoms with van der Waals surface area (Å²) in [6.07, 6.45) is 3.99. The molecule has 2 rings (SSSR count).